The Balaban J connectivity index is 1.92. The SMILES string of the molecule is COc1ccc2ccccc2c1[C@H](c1ccccc1)N(C)[C@@H](C)c1ccccc1. The quantitative estimate of drug-likeness (QED) is 0.372. The Hall–Kier alpha value is -3.10. The van der Waals surface area contributed by atoms with Crippen LogP contribution < -0.4 is 4.74 Å². The topological polar surface area (TPSA) is 12.5 Å². The molecule has 0 amide bonds. The molecule has 0 bridgehead atoms. The molecule has 0 heterocycles. The fourth-order valence-corrected chi connectivity index (χ4v) is 4.17. The van der Waals surface area contributed by atoms with Gasteiger partial charge in [0.15, 0.2) is 0 Å². The zero-order valence-electron chi connectivity index (χ0n) is 17.2. The zero-order valence-corrected chi connectivity index (χ0v) is 17.2. The molecule has 0 fully saturated rings. The van der Waals surface area contributed by atoms with Crippen LogP contribution in [-0.4, -0.2) is 19.1 Å². The van der Waals surface area contributed by atoms with Crippen LogP contribution in [0.3, 0.4) is 0 Å². The summed E-state index contributed by atoms with van der Waals surface area (Å²) >= 11 is 0. The van der Waals surface area contributed by atoms with Crippen molar-refractivity contribution < 1.29 is 4.74 Å². The second-order valence-corrected chi connectivity index (χ2v) is 7.47. The van der Waals surface area contributed by atoms with Crippen molar-refractivity contribution in [1.29, 1.82) is 0 Å². The van der Waals surface area contributed by atoms with Gasteiger partial charge < -0.3 is 4.74 Å². The zero-order chi connectivity index (χ0) is 20.2. The third-order valence-electron chi connectivity index (χ3n) is 5.84. The van der Waals surface area contributed by atoms with Gasteiger partial charge >= 0.3 is 0 Å². The first-order valence-electron chi connectivity index (χ1n) is 10.1. The molecule has 29 heavy (non-hydrogen) atoms. The van der Waals surface area contributed by atoms with Crippen LogP contribution in [0.5, 0.6) is 5.75 Å². The molecule has 0 N–H and O–H groups in total. The molecular formula is C27H27NO. The minimum atomic E-state index is 0.0625. The second-order valence-electron chi connectivity index (χ2n) is 7.47. The van der Waals surface area contributed by atoms with Crippen molar-refractivity contribution in [3.8, 4) is 5.75 Å². The molecule has 0 saturated carbocycles. The van der Waals surface area contributed by atoms with Crippen LogP contribution >= 0.6 is 0 Å². The van der Waals surface area contributed by atoms with Crippen LogP contribution in [0.15, 0.2) is 97.1 Å². The molecule has 146 valence electrons. The van der Waals surface area contributed by atoms with Gasteiger partial charge in [0.2, 0.25) is 0 Å². The van der Waals surface area contributed by atoms with Crippen LogP contribution in [0.25, 0.3) is 10.8 Å². The summed E-state index contributed by atoms with van der Waals surface area (Å²) in [6.45, 7) is 2.27. The third-order valence-corrected chi connectivity index (χ3v) is 5.84. The lowest BCUT2D eigenvalue weighted by atomic mass is 9.90. The van der Waals surface area contributed by atoms with E-state index < -0.39 is 0 Å². The van der Waals surface area contributed by atoms with Gasteiger partial charge in [-0.25, -0.2) is 0 Å². The Kier molecular flexibility index (Phi) is 5.64. The normalized spacial score (nSPS) is 13.4. The molecule has 2 nitrogen and oxygen atoms in total. The fourth-order valence-electron chi connectivity index (χ4n) is 4.17. The Morgan fingerprint density at radius 2 is 1.28 bits per heavy atom. The van der Waals surface area contributed by atoms with E-state index in [0.717, 1.165) is 5.75 Å². The lowest BCUT2D eigenvalue weighted by Crippen LogP contribution is -2.29. The molecule has 4 aromatic rings. The first-order chi connectivity index (χ1) is 14.2. The number of hydrogen-bond acceptors (Lipinski definition) is 2. The Morgan fingerprint density at radius 3 is 1.93 bits per heavy atom. The van der Waals surface area contributed by atoms with E-state index in [4.69, 9.17) is 4.74 Å². The number of fused-ring (bicyclic) bond motifs is 1. The molecule has 0 radical (unpaired) electrons. The van der Waals surface area contributed by atoms with E-state index in [2.05, 4.69) is 116 Å². The van der Waals surface area contributed by atoms with Crippen LogP contribution in [0.2, 0.25) is 0 Å². The smallest absolute Gasteiger partial charge is 0.124 e. The van der Waals surface area contributed by atoms with Crippen molar-refractivity contribution in [1.82, 2.24) is 4.90 Å². The first kappa shape index (κ1) is 19.2. The van der Waals surface area contributed by atoms with Crippen molar-refractivity contribution in [2.75, 3.05) is 14.2 Å². The number of nitrogens with zero attached hydrogens (tertiary/aromatic N) is 1. The molecule has 0 aliphatic carbocycles. The molecule has 4 aromatic carbocycles. The molecule has 0 saturated heterocycles. The molecule has 4 rings (SSSR count). The molecular weight excluding hydrogens is 354 g/mol. The van der Waals surface area contributed by atoms with E-state index in [0.29, 0.717) is 0 Å². The minimum Gasteiger partial charge on any atom is -0.496 e. The van der Waals surface area contributed by atoms with Crippen LogP contribution in [0.4, 0.5) is 0 Å². The molecule has 0 aromatic heterocycles. The number of ether oxygens (including phenoxy) is 1. The Labute approximate surface area is 173 Å². The summed E-state index contributed by atoms with van der Waals surface area (Å²) in [7, 11) is 3.97. The van der Waals surface area contributed by atoms with E-state index in [9.17, 15) is 0 Å². The Bertz CT molecular complexity index is 1080. The molecule has 0 spiro atoms. The van der Waals surface area contributed by atoms with Gasteiger partial charge in [-0.3, -0.25) is 4.90 Å². The highest BCUT2D eigenvalue weighted by Crippen LogP contribution is 2.42. The highest BCUT2D eigenvalue weighted by molar-refractivity contribution is 5.88. The van der Waals surface area contributed by atoms with Crippen molar-refractivity contribution in [2.45, 2.75) is 19.0 Å². The van der Waals surface area contributed by atoms with Crippen molar-refractivity contribution in [2.24, 2.45) is 0 Å². The van der Waals surface area contributed by atoms with Gasteiger partial charge in [0.05, 0.1) is 13.2 Å². The number of rotatable bonds is 6. The van der Waals surface area contributed by atoms with E-state index >= 15 is 0 Å². The van der Waals surface area contributed by atoms with Gasteiger partial charge in [0.1, 0.15) is 5.75 Å². The Morgan fingerprint density at radius 1 is 0.690 bits per heavy atom. The lowest BCUT2D eigenvalue weighted by Gasteiger charge is -2.35. The van der Waals surface area contributed by atoms with E-state index in [1.54, 1.807) is 7.11 Å². The van der Waals surface area contributed by atoms with Crippen molar-refractivity contribution in [3.05, 3.63) is 114 Å². The third kappa shape index (κ3) is 3.76. The number of hydrogen-bond donors (Lipinski definition) is 0. The average molecular weight is 382 g/mol. The molecule has 0 aliphatic heterocycles. The van der Waals surface area contributed by atoms with Gasteiger partial charge in [-0.15, -0.1) is 0 Å². The van der Waals surface area contributed by atoms with Crippen LogP contribution in [0, 0.1) is 0 Å². The van der Waals surface area contributed by atoms with Crippen LogP contribution in [0.1, 0.15) is 35.7 Å². The summed E-state index contributed by atoms with van der Waals surface area (Å²) < 4.78 is 5.86. The second kappa shape index (κ2) is 8.50. The maximum atomic E-state index is 5.86. The van der Waals surface area contributed by atoms with Crippen molar-refractivity contribution >= 4 is 10.8 Å². The average Bonchev–Trinajstić information content (AvgIpc) is 2.80. The fraction of sp³-hybridized carbons (Fsp3) is 0.185. The highest BCUT2D eigenvalue weighted by Gasteiger charge is 2.28. The first-order valence-corrected chi connectivity index (χ1v) is 10.1. The van der Waals surface area contributed by atoms with Gasteiger partial charge in [-0.2, -0.15) is 0 Å². The molecule has 0 aliphatic rings. The van der Waals surface area contributed by atoms with E-state index in [1.165, 1.54) is 27.5 Å². The predicted molar refractivity (Wildman–Crippen MR) is 121 cm³/mol. The monoisotopic (exact) mass is 381 g/mol. The van der Waals surface area contributed by atoms with Gasteiger partial charge in [0, 0.05) is 11.6 Å². The molecule has 2 heteroatoms. The molecule has 0 unspecified atom stereocenters. The number of benzene rings is 4. The summed E-state index contributed by atoms with van der Waals surface area (Å²) in [6, 6.07) is 34.5. The van der Waals surface area contributed by atoms with Gasteiger partial charge in [-0.05, 0) is 41.9 Å². The van der Waals surface area contributed by atoms with E-state index in [-0.39, 0.29) is 12.1 Å². The standard InChI is InChI=1S/C27H27NO/c1-20(21-12-6-4-7-13-21)28(2)27(23-15-8-5-9-16-23)26-24-17-11-10-14-22(24)18-19-25(26)29-3/h4-20,27H,1-3H3/t20-,27-/m0/s1. The summed E-state index contributed by atoms with van der Waals surface area (Å²) in [5.74, 6) is 0.921. The summed E-state index contributed by atoms with van der Waals surface area (Å²) in [5, 5.41) is 2.46. The summed E-state index contributed by atoms with van der Waals surface area (Å²) in [4.78, 5) is 2.44. The largest absolute Gasteiger partial charge is 0.496 e. The predicted octanol–water partition coefficient (Wildman–Crippen LogP) is 6.63. The minimum absolute atomic E-state index is 0.0625. The summed E-state index contributed by atoms with van der Waals surface area (Å²) in [5.41, 5.74) is 3.77. The highest BCUT2D eigenvalue weighted by atomic mass is 16.5. The maximum Gasteiger partial charge on any atom is 0.124 e. The summed E-state index contributed by atoms with van der Waals surface area (Å²) in [6.07, 6.45) is 0. The lowest BCUT2D eigenvalue weighted by molar-refractivity contribution is 0.211. The van der Waals surface area contributed by atoms with Crippen LogP contribution in [-0.2, 0) is 0 Å². The van der Waals surface area contributed by atoms with Gasteiger partial charge in [0.25, 0.3) is 0 Å². The maximum absolute atomic E-state index is 5.86. The van der Waals surface area contributed by atoms with E-state index in [1.807, 2.05) is 0 Å². The molecule has 2 atom stereocenters. The van der Waals surface area contributed by atoms with Gasteiger partial charge in [-0.1, -0.05) is 91.0 Å². The van der Waals surface area contributed by atoms with Crippen molar-refractivity contribution in [3.63, 3.8) is 0 Å². The number of methoxy groups -OCH3 is 1.